The SMILES string of the molecule is CC1C(=O)CC[C@H]2CN3CCc4c([nH]c5ccccc45)[C@@H]3CC12. The molecule has 3 heterocycles. The zero-order valence-corrected chi connectivity index (χ0v) is 13.7. The molecule has 120 valence electrons. The highest BCUT2D eigenvalue weighted by molar-refractivity contribution is 5.85. The van der Waals surface area contributed by atoms with Gasteiger partial charge in [-0.2, -0.15) is 0 Å². The number of benzene rings is 1. The third-order valence-electron chi connectivity index (χ3n) is 6.75. The number of aromatic amines is 1. The lowest BCUT2D eigenvalue weighted by Gasteiger charge is -2.49. The van der Waals surface area contributed by atoms with E-state index in [1.165, 1.54) is 35.2 Å². The monoisotopic (exact) mass is 308 g/mol. The largest absolute Gasteiger partial charge is 0.357 e. The highest BCUT2D eigenvalue weighted by Gasteiger charge is 2.45. The molecule has 0 bridgehead atoms. The third-order valence-corrected chi connectivity index (χ3v) is 6.75. The zero-order valence-electron chi connectivity index (χ0n) is 13.7. The van der Waals surface area contributed by atoms with Crippen molar-refractivity contribution in [1.29, 1.82) is 0 Å². The van der Waals surface area contributed by atoms with E-state index >= 15 is 0 Å². The maximum Gasteiger partial charge on any atom is 0.136 e. The minimum absolute atomic E-state index is 0.255. The van der Waals surface area contributed by atoms with Crippen LogP contribution >= 0.6 is 0 Å². The van der Waals surface area contributed by atoms with Gasteiger partial charge < -0.3 is 4.98 Å². The molecule has 1 N–H and O–H groups in total. The highest BCUT2D eigenvalue weighted by Crippen LogP contribution is 2.47. The second-order valence-electron chi connectivity index (χ2n) is 7.78. The van der Waals surface area contributed by atoms with Gasteiger partial charge in [-0.25, -0.2) is 0 Å². The molecule has 1 aromatic heterocycles. The molecule has 1 saturated heterocycles. The molecule has 0 radical (unpaired) electrons. The van der Waals surface area contributed by atoms with Gasteiger partial charge >= 0.3 is 0 Å². The lowest BCUT2D eigenvalue weighted by atomic mass is 9.66. The van der Waals surface area contributed by atoms with Crippen molar-refractivity contribution in [3.05, 3.63) is 35.5 Å². The van der Waals surface area contributed by atoms with Gasteiger partial charge in [0.15, 0.2) is 0 Å². The Kier molecular flexibility index (Phi) is 2.96. The molecule has 23 heavy (non-hydrogen) atoms. The molecule has 1 aliphatic carbocycles. The molecule has 1 saturated carbocycles. The first kappa shape index (κ1) is 13.8. The van der Waals surface area contributed by atoms with E-state index in [0.29, 0.717) is 17.7 Å². The van der Waals surface area contributed by atoms with Crippen LogP contribution in [0.3, 0.4) is 0 Å². The predicted octanol–water partition coefficient (Wildman–Crippen LogP) is 3.70. The van der Waals surface area contributed by atoms with Gasteiger partial charge in [0.25, 0.3) is 0 Å². The number of aromatic nitrogens is 1. The number of H-pyrrole nitrogens is 1. The molecule has 2 fully saturated rings. The Morgan fingerprint density at radius 2 is 2.09 bits per heavy atom. The first-order valence-corrected chi connectivity index (χ1v) is 9.08. The van der Waals surface area contributed by atoms with Gasteiger partial charge in [-0.05, 0) is 42.7 Å². The second kappa shape index (κ2) is 4.94. The molecule has 2 aliphatic heterocycles. The fourth-order valence-electron chi connectivity index (χ4n) is 5.45. The maximum atomic E-state index is 12.2. The van der Waals surface area contributed by atoms with Crippen molar-refractivity contribution >= 4 is 16.7 Å². The van der Waals surface area contributed by atoms with E-state index < -0.39 is 0 Å². The van der Waals surface area contributed by atoms with E-state index in [2.05, 4.69) is 41.1 Å². The van der Waals surface area contributed by atoms with Gasteiger partial charge in [0.2, 0.25) is 0 Å². The van der Waals surface area contributed by atoms with Crippen LogP contribution in [-0.4, -0.2) is 28.8 Å². The summed E-state index contributed by atoms with van der Waals surface area (Å²) in [5, 5.41) is 1.40. The molecule has 3 aliphatic rings. The predicted molar refractivity (Wildman–Crippen MR) is 91.3 cm³/mol. The van der Waals surface area contributed by atoms with Crippen LogP contribution in [0.15, 0.2) is 24.3 Å². The van der Waals surface area contributed by atoms with Crippen LogP contribution in [0.2, 0.25) is 0 Å². The van der Waals surface area contributed by atoms with Gasteiger partial charge in [-0.15, -0.1) is 0 Å². The van der Waals surface area contributed by atoms with Crippen molar-refractivity contribution < 1.29 is 4.79 Å². The van der Waals surface area contributed by atoms with Gasteiger partial charge in [0.1, 0.15) is 5.78 Å². The van der Waals surface area contributed by atoms with Crippen molar-refractivity contribution in [1.82, 2.24) is 9.88 Å². The van der Waals surface area contributed by atoms with Crippen LogP contribution in [-0.2, 0) is 11.2 Å². The lowest BCUT2D eigenvalue weighted by Crippen LogP contribution is -2.50. The lowest BCUT2D eigenvalue weighted by molar-refractivity contribution is -0.130. The molecule has 0 amide bonds. The summed E-state index contributed by atoms with van der Waals surface area (Å²) in [5.41, 5.74) is 4.23. The number of rotatable bonds is 0. The van der Waals surface area contributed by atoms with E-state index in [0.717, 1.165) is 31.6 Å². The number of Topliss-reactive ketones (excluding diaryl/α,β-unsaturated/α-hetero) is 1. The summed E-state index contributed by atoms with van der Waals surface area (Å²) in [6.45, 7) is 4.52. The number of carbonyl (C=O) groups excluding carboxylic acids is 1. The minimum atomic E-state index is 0.255. The summed E-state index contributed by atoms with van der Waals surface area (Å²) in [4.78, 5) is 18.6. The highest BCUT2D eigenvalue weighted by atomic mass is 16.1. The van der Waals surface area contributed by atoms with Crippen molar-refractivity contribution in [2.75, 3.05) is 13.1 Å². The summed E-state index contributed by atoms with van der Waals surface area (Å²) in [6, 6.07) is 9.18. The Morgan fingerprint density at radius 3 is 3.00 bits per heavy atom. The van der Waals surface area contributed by atoms with Crippen LogP contribution in [0.5, 0.6) is 0 Å². The first-order chi connectivity index (χ1) is 11.2. The van der Waals surface area contributed by atoms with Crippen LogP contribution in [0.25, 0.3) is 10.9 Å². The summed E-state index contributed by atoms with van der Waals surface area (Å²) >= 11 is 0. The molecule has 2 aromatic rings. The van der Waals surface area contributed by atoms with Gasteiger partial charge in [-0.3, -0.25) is 9.69 Å². The van der Waals surface area contributed by atoms with Crippen LogP contribution in [0.1, 0.15) is 43.5 Å². The second-order valence-corrected chi connectivity index (χ2v) is 7.78. The number of hydrogen-bond acceptors (Lipinski definition) is 2. The number of ketones is 1. The third kappa shape index (κ3) is 1.96. The molecule has 4 atom stereocenters. The maximum absolute atomic E-state index is 12.2. The zero-order chi connectivity index (χ0) is 15.6. The molecule has 3 nitrogen and oxygen atoms in total. The molecular weight excluding hydrogens is 284 g/mol. The fraction of sp³-hybridized carbons (Fsp3) is 0.550. The molecular formula is C20H24N2O. The number of nitrogens with one attached hydrogen (secondary N) is 1. The molecule has 5 rings (SSSR count). The Labute approximate surface area is 137 Å². The average molecular weight is 308 g/mol. The summed E-state index contributed by atoms with van der Waals surface area (Å²) in [7, 11) is 0. The van der Waals surface area contributed by atoms with Crippen LogP contribution in [0, 0.1) is 17.8 Å². The topological polar surface area (TPSA) is 36.1 Å². The average Bonchev–Trinajstić information content (AvgIpc) is 2.96. The number of fused-ring (bicyclic) bond motifs is 6. The standard InChI is InChI=1S/C20H24N2O/c1-12-16-10-18-20-15(14-4-2-3-5-17(14)21-20)8-9-22(18)11-13(16)6-7-19(12)23/h2-5,12-13,16,18,21H,6-11H2,1H3/t12?,13-,16?,18-/m0/s1. The number of carbonyl (C=O) groups is 1. The van der Waals surface area contributed by atoms with Crippen LogP contribution in [0.4, 0.5) is 0 Å². The minimum Gasteiger partial charge on any atom is -0.357 e. The number of nitrogens with zero attached hydrogens (tertiary/aromatic N) is 1. The first-order valence-electron chi connectivity index (χ1n) is 9.08. The summed E-state index contributed by atoms with van der Waals surface area (Å²) < 4.78 is 0. The quantitative estimate of drug-likeness (QED) is 0.805. The Balaban J connectivity index is 1.55. The number of piperidine rings is 1. The molecule has 0 spiro atoms. The van der Waals surface area contributed by atoms with Gasteiger partial charge in [-0.1, -0.05) is 25.1 Å². The number of para-hydroxylation sites is 1. The van der Waals surface area contributed by atoms with E-state index in [1.807, 2.05) is 0 Å². The molecule has 3 heteroatoms. The molecule has 1 aromatic carbocycles. The van der Waals surface area contributed by atoms with E-state index in [9.17, 15) is 4.79 Å². The summed E-state index contributed by atoms with van der Waals surface area (Å²) in [6.07, 6.45) is 4.22. The summed E-state index contributed by atoms with van der Waals surface area (Å²) in [5.74, 6) is 2.05. The van der Waals surface area contributed by atoms with Crippen molar-refractivity contribution in [2.24, 2.45) is 17.8 Å². The number of hydrogen-bond donors (Lipinski definition) is 1. The van der Waals surface area contributed by atoms with Gasteiger partial charge in [0, 0.05) is 42.0 Å². The van der Waals surface area contributed by atoms with Crippen LogP contribution < -0.4 is 0 Å². The smallest absolute Gasteiger partial charge is 0.136 e. The van der Waals surface area contributed by atoms with E-state index in [1.54, 1.807) is 0 Å². The van der Waals surface area contributed by atoms with Gasteiger partial charge in [0.05, 0.1) is 6.04 Å². The Morgan fingerprint density at radius 1 is 1.22 bits per heavy atom. The fourth-order valence-corrected chi connectivity index (χ4v) is 5.45. The Bertz CT molecular complexity index is 777. The van der Waals surface area contributed by atoms with Crippen molar-refractivity contribution in [3.63, 3.8) is 0 Å². The Hall–Kier alpha value is -1.61. The van der Waals surface area contributed by atoms with Crippen molar-refractivity contribution in [2.45, 2.75) is 38.6 Å². The molecule has 2 unspecified atom stereocenters. The van der Waals surface area contributed by atoms with E-state index in [-0.39, 0.29) is 5.92 Å². The normalized spacial score (nSPS) is 34.0. The van der Waals surface area contributed by atoms with E-state index in [4.69, 9.17) is 0 Å². The van der Waals surface area contributed by atoms with Crippen molar-refractivity contribution in [3.8, 4) is 0 Å².